The van der Waals surface area contributed by atoms with Crippen molar-refractivity contribution >= 4 is 27.7 Å². The van der Waals surface area contributed by atoms with E-state index in [-0.39, 0.29) is 12.2 Å². The number of nitrogens with zero attached hydrogens (tertiary/aromatic N) is 1. The Morgan fingerprint density at radius 1 is 1.41 bits per heavy atom. The number of Topliss-reactive ketones (excluding diaryl/α,β-unsaturated/α-hetero) is 1. The van der Waals surface area contributed by atoms with E-state index < -0.39 is 11.6 Å². The summed E-state index contributed by atoms with van der Waals surface area (Å²) < 4.78 is 5.51. The van der Waals surface area contributed by atoms with Crippen molar-refractivity contribution in [1.82, 2.24) is 4.98 Å². The zero-order chi connectivity index (χ0) is 13.1. The predicted octanol–water partition coefficient (Wildman–Crippen LogP) is 2.76. The fourth-order valence-electron chi connectivity index (χ4n) is 1.20. The lowest BCUT2D eigenvalue weighted by molar-refractivity contribution is -0.153. The molecule has 0 spiro atoms. The van der Waals surface area contributed by atoms with Crippen molar-refractivity contribution in [2.24, 2.45) is 0 Å². The number of carbonyl (C=O) groups excluding carboxylic acids is 2. The molecule has 0 fully saturated rings. The fraction of sp³-hybridized carbons (Fsp3) is 0.417. The number of ketones is 1. The molecule has 0 aliphatic heterocycles. The van der Waals surface area contributed by atoms with Crippen LogP contribution in [0, 0.1) is 0 Å². The molecular formula is C12H14BrNO3. The van der Waals surface area contributed by atoms with Crippen molar-refractivity contribution in [3.63, 3.8) is 0 Å². The minimum absolute atomic E-state index is 0.276. The minimum atomic E-state index is -0.580. The van der Waals surface area contributed by atoms with Gasteiger partial charge in [0.05, 0.1) is 5.56 Å². The van der Waals surface area contributed by atoms with Crippen LogP contribution in [0.2, 0.25) is 0 Å². The van der Waals surface area contributed by atoms with Crippen LogP contribution in [0.1, 0.15) is 37.6 Å². The number of halogens is 1. The molecule has 1 aromatic heterocycles. The van der Waals surface area contributed by atoms with Gasteiger partial charge in [-0.2, -0.15) is 0 Å². The van der Waals surface area contributed by atoms with Crippen LogP contribution in [0.3, 0.4) is 0 Å². The molecule has 1 rings (SSSR count). The van der Waals surface area contributed by atoms with Crippen LogP contribution < -0.4 is 0 Å². The van der Waals surface area contributed by atoms with Gasteiger partial charge < -0.3 is 4.74 Å². The Morgan fingerprint density at radius 3 is 2.59 bits per heavy atom. The number of ether oxygens (including phenoxy) is 1. The van der Waals surface area contributed by atoms with Gasteiger partial charge in [0.15, 0.2) is 5.78 Å². The number of esters is 1. The van der Waals surface area contributed by atoms with E-state index in [0.29, 0.717) is 10.2 Å². The molecule has 5 heteroatoms. The standard InChI is InChI=1S/C12H14BrNO3/c1-12(2,3)17-10(16)7-9(15)8-5-4-6-14-11(8)13/h4-6H,7H2,1-3H3. The molecule has 0 aliphatic carbocycles. The lowest BCUT2D eigenvalue weighted by Crippen LogP contribution is -2.25. The highest BCUT2D eigenvalue weighted by Gasteiger charge is 2.20. The highest BCUT2D eigenvalue weighted by molar-refractivity contribution is 9.10. The van der Waals surface area contributed by atoms with Gasteiger partial charge in [0.1, 0.15) is 16.6 Å². The van der Waals surface area contributed by atoms with Crippen LogP contribution in [-0.4, -0.2) is 22.3 Å². The SMILES string of the molecule is CC(C)(C)OC(=O)CC(=O)c1cccnc1Br. The van der Waals surface area contributed by atoms with Gasteiger partial charge >= 0.3 is 5.97 Å². The Balaban J connectivity index is 2.68. The first kappa shape index (κ1) is 13.8. The second kappa shape index (κ2) is 5.40. The summed E-state index contributed by atoms with van der Waals surface area (Å²) in [6, 6.07) is 3.26. The number of pyridine rings is 1. The van der Waals surface area contributed by atoms with Crippen LogP contribution in [0.5, 0.6) is 0 Å². The fourth-order valence-corrected chi connectivity index (χ4v) is 1.67. The van der Waals surface area contributed by atoms with E-state index >= 15 is 0 Å². The third-order valence-electron chi connectivity index (χ3n) is 1.78. The quantitative estimate of drug-likeness (QED) is 0.373. The normalized spacial score (nSPS) is 11.1. The molecule has 1 aromatic rings. The van der Waals surface area contributed by atoms with Crippen molar-refractivity contribution in [1.29, 1.82) is 0 Å². The van der Waals surface area contributed by atoms with E-state index in [4.69, 9.17) is 4.74 Å². The third-order valence-corrected chi connectivity index (χ3v) is 2.42. The molecule has 92 valence electrons. The summed E-state index contributed by atoms with van der Waals surface area (Å²) in [6.07, 6.45) is 1.29. The molecule has 0 N–H and O–H groups in total. The first-order valence-corrected chi connectivity index (χ1v) is 5.94. The summed E-state index contributed by atoms with van der Waals surface area (Å²) in [5.74, 6) is -0.836. The van der Waals surface area contributed by atoms with Gasteiger partial charge in [-0.3, -0.25) is 9.59 Å². The molecule has 0 amide bonds. The topological polar surface area (TPSA) is 56.3 Å². The van der Waals surface area contributed by atoms with Gasteiger partial charge in [-0.1, -0.05) is 0 Å². The average Bonchev–Trinajstić information content (AvgIpc) is 2.14. The highest BCUT2D eigenvalue weighted by atomic mass is 79.9. The molecule has 0 saturated carbocycles. The number of rotatable bonds is 3. The van der Waals surface area contributed by atoms with Crippen LogP contribution in [0.15, 0.2) is 22.9 Å². The van der Waals surface area contributed by atoms with Crippen molar-refractivity contribution in [3.05, 3.63) is 28.5 Å². The Kier molecular flexibility index (Phi) is 4.40. The maximum absolute atomic E-state index is 11.8. The second-order valence-corrected chi connectivity index (χ2v) is 5.28. The van der Waals surface area contributed by atoms with E-state index in [1.54, 1.807) is 39.1 Å². The van der Waals surface area contributed by atoms with Gasteiger partial charge in [0.2, 0.25) is 0 Å². The first-order valence-electron chi connectivity index (χ1n) is 5.15. The summed E-state index contributed by atoms with van der Waals surface area (Å²) in [4.78, 5) is 27.2. The van der Waals surface area contributed by atoms with Gasteiger partial charge in [-0.15, -0.1) is 0 Å². The summed E-state index contributed by atoms with van der Waals surface area (Å²) in [5.41, 5.74) is -0.192. The second-order valence-electron chi connectivity index (χ2n) is 4.53. The Bertz CT molecular complexity index is 438. The molecule has 0 bridgehead atoms. The molecule has 0 radical (unpaired) electrons. The van der Waals surface area contributed by atoms with Crippen LogP contribution in [0.4, 0.5) is 0 Å². The smallest absolute Gasteiger partial charge is 0.314 e. The number of hydrogen-bond acceptors (Lipinski definition) is 4. The third kappa shape index (κ3) is 4.65. The highest BCUT2D eigenvalue weighted by Crippen LogP contribution is 2.16. The van der Waals surface area contributed by atoms with E-state index in [1.165, 1.54) is 0 Å². The van der Waals surface area contributed by atoms with Gasteiger partial charge in [0, 0.05) is 6.20 Å². The lowest BCUT2D eigenvalue weighted by atomic mass is 10.1. The zero-order valence-electron chi connectivity index (χ0n) is 9.99. The Hall–Kier alpha value is -1.23. The predicted molar refractivity (Wildman–Crippen MR) is 66.7 cm³/mol. The molecule has 1 heterocycles. The summed E-state index contributed by atoms with van der Waals surface area (Å²) >= 11 is 3.16. The van der Waals surface area contributed by atoms with Crippen molar-refractivity contribution < 1.29 is 14.3 Å². The summed E-state index contributed by atoms with van der Waals surface area (Å²) in [5, 5.41) is 0. The van der Waals surface area contributed by atoms with Crippen molar-refractivity contribution in [2.75, 3.05) is 0 Å². The van der Waals surface area contributed by atoms with Crippen molar-refractivity contribution in [2.45, 2.75) is 32.8 Å². The molecule has 0 unspecified atom stereocenters. The van der Waals surface area contributed by atoms with E-state index in [9.17, 15) is 9.59 Å². The van der Waals surface area contributed by atoms with Crippen LogP contribution >= 0.6 is 15.9 Å². The van der Waals surface area contributed by atoms with Gasteiger partial charge in [-0.25, -0.2) is 4.98 Å². The monoisotopic (exact) mass is 299 g/mol. The van der Waals surface area contributed by atoms with E-state index in [0.717, 1.165) is 0 Å². The molecule has 0 atom stereocenters. The summed E-state index contributed by atoms with van der Waals surface area (Å²) in [7, 11) is 0. The van der Waals surface area contributed by atoms with E-state index in [1.807, 2.05) is 0 Å². The number of carbonyl (C=O) groups is 2. The molecular weight excluding hydrogens is 286 g/mol. The lowest BCUT2D eigenvalue weighted by Gasteiger charge is -2.19. The Morgan fingerprint density at radius 2 is 2.06 bits per heavy atom. The van der Waals surface area contributed by atoms with Crippen LogP contribution in [0.25, 0.3) is 0 Å². The van der Waals surface area contributed by atoms with E-state index in [2.05, 4.69) is 20.9 Å². The molecule has 0 saturated heterocycles. The number of hydrogen-bond donors (Lipinski definition) is 0. The largest absolute Gasteiger partial charge is 0.460 e. The first-order chi connectivity index (χ1) is 7.79. The van der Waals surface area contributed by atoms with Gasteiger partial charge in [0.25, 0.3) is 0 Å². The maximum atomic E-state index is 11.8. The number of aromatic nitrogens is 1. The average molecular weight is 300 g/mol. The molecule has 17 heavy (non-hydrogen) atoms. The van der Waals surface area contributed by atoms with Gasteiger partial charge in [-0.05, 0) is 48.8 Å². The van der Waals surface area contributed by atoms with Crippen LogP contribution in [-0.2, 0) is 9.53 Å². The minimum Gasteiger partial charge on any atom is -0.460 e. The molecule has 4 nitrogen and oxygen atoms in total. The molecule has 0 aromatic carbocycles. The van der Waals surface area contributed by atoms with Crippen molar-refractivity contribution in [3.8, 4) is 0 Å². The molecule has 0 aliphatic rings. The summed E-state index contributed by atoms with van der Waals surface area (Å²) in [6.45, 7) is 5.28. The Labute approximate surface area is 109 Å². The maximum Gasteiger partial charge on any atom is 0.314 e. The zero-order valence-corrected chi connectivity index (χ0v) is 11.6.